The molecule has 0 amide bonds. The Labute approximate surface area is 176 Å². The van der Waals surface area contributed by atoms with E-state index < -0.39 is 22.7 Å². The predicted molar refractivity (Wildman–Crippen MR) is 115 cm³/mol. The van der Waals surface area contributed by atoms with E-state index in [0.29, 0.717) is 15.5 Å². The van der Waals surface area contributed by atoms with Crippen LogP contribution in [0.2, 0.25) is 5.02 Å². The highest BCUT2D eigenvalue weighted by Crippen LogP contribution is 2.23. The van der Waals surface area contributed by atoms with E-state index in [1.165, 1.54) is 0 Å². The summed E-state index contributed by atoms with van der Waals surface area (Å²) >= 11 is 5.90. The standard InChI is InChI=1S/C23H19ClO4S/c24-20-12-10-17(11-13-20)16-6-8-18(9-7-16)22(25)14-19(23(26)27)15-29(28)21-4-2-1-3-5-21/h1-13,19H,14-15H2,(H,26,27)/t19-,29?/m0/s1. The summed E-state index contributed by atoms with van der Waals surface area (Å²) in [5.41, 5.74) is 2.33. The van der Waals surface area contributed by atoms with Crippen molar-refractivity contribution in [2.45, 2.75) is 11.3 Å². The fourth-order valence-corrected chi connectivity index (χ4v) is 4.31. The Hall–Kier alpha value is -2.76. The molecule has 0 bridgehead atoms. The molecule has 2 atom stereocenters. The molecule has 4 nitrogen and oxygen atoms in total. The molecule has 0 heterocycles. The molecule has 3 rings (SSSR count). The van der Waals surface area contributed by atoms with E-state index in [-0.39, 0.29) is 18.0 Å². The number of carboxylic acids is 1. The molecule has 3 aromatic carbocycles. The minimum Gasteiger partial charge on any atom is -0.481 e. The van der Waals surface area contributed by atoms with Gasteiger partial charge in [0.05, 0.1) is 16.7 Å². The van der Waals surface area contributed by atoms with Crippen molar-refractivity contribution in [3.05, 3.63) is 89.4 Å². The number of rotatable bonds is 8. The maximum absolute atomic E-state index is 12.6. The third-order valence-electron chi connectivity index (χ3n) is 4.52. The van der Waals surface area contributed by atoms with E-state index in [2.05, 4.69) is 0 Å². The summed E-state index contributed by atoms with van der Waals surface area (Å²) in [7, 11) is -1.48. The highest BCUT2D eigenvalue weighted by molar-refractivity contribution is 7.85. The summed E-state index contributed by atoms with van der Waals surface area (Å²) in [5, 5.41) is 10.1. The zero-order valence-corrected chi connectivity index (χ0v) is 17.0. The molecule has 0 aliphatic rings. The Bertz CT molecular complexity index is 1020. The summed E-state index contributed by atoms with van der Waals surface area (Å²) in [6, 6.07) is 23.0. The van der Waals surface area contributed by atoms with Gasteiger partial charge >= 0.3 is 5.97 Å². The molecular weight excluding hydrogens is 408 g/mol. The van der Waals surface area contributed by atoms with Gasteiger partial charge in [-0.15, -0.1) is 0 Å². The lowest BCUT2D eigenvalue weighted by Crippen LogP contribution is -2.24. The van der Waals surface area contributed by atoms with Gasteiger partial charge in [-0.2, -0.15) is 0 Å². The molecule has 0 fully saturated rings. The van der Waals surface area contributed by atoms with Crippen LogP contribution in [0.3, 0.4) is 0 Å². The second-order valence-electron chi connectivity index (χ2n) is 6.57. The van der Waals surface area contributed by atoms with Gasteiger partial charge < -0.3 is 5.11 Å². The molecule has 0 spiro atoms. The number of hydrogen-bond acceptors (Lipinski definition) is 3. The van der Waals surface area contributed by atoms with E-state index >= 15 is 0 Å². The Kier molecular flexibility index (Phi) is 6.96. The Morgan fingerprint density at radius 2 is 1.41 bits per heavy atom. The average molecular weight is 427 g/mol. The van der Waals surface area contributed by atoms with Gasteiger partial charge in [-0.05, 0) is 35.4 Å². The highest BCUT2D eigenvalue weighted by atomic mass is 35.5. The van der Waals surface area contributed by atoms with Crippen molar-refractivity contribution in [1.82, 2.24) is 0 Å². The first-order valence-corrected chi connectivity index (χ1v) is 10.7. The number of hydrogen-bond donors (Lipinski definition) is 1. The van der Waals surface area contributed by atoms with E-state index in [1.807, 2.05) is 24.3 Å². The third-order valence-corrected chi connectivity index (χ3v) is 6.28. The van der Waals surface area contributed by atoms with Crippen molar-refractivity contribution >= 4 is 34.2 Å². The quantitative estimate of drug-likeness (QED) is 0.509. The van der Waals surface area contributed by atoms with Crippen molar-refractivity contribution in [3.63, 3.8) is 0 Å². The van der Waals surface area contributed by atoms with Gasteiger partial charge in [0, 0.05) is 27.7 Å². The van der Waals surface area contributed by atoms with E-state index in [9.17, 15) is 18.9 Å². The van der Waals surface area contributed by atoms with Crippen LogP contribution in [0.5, 0.6) is 0 Å². The van der Waals surface area contributed by atoms with Gasteiger partial charge in [0.15, 0.2) is 5.78 Å². The number of benzene rings is 3. The Balaban J connectivity index is 1.69. The fraction of sp³-hybridized carbons (Fsp3) is 0.130. The van der Waals surface area contributed by atoms with Crippen molar-refractivity contribution in [2.75, 3.05) is 5.75 Å². The summed E-state index contributed by atoms with van der Waals surface area (Å²) in [4.78, 5) is 24.7. The first kappa shape index (κ1) is 21.0. The predicted octanol–water partition coefficient (Wildman–Crippen LogP) is 5.09. The van der Waals surface area contributed by atoms with Crippen LogP contribution in [0.1, 0.15) is 16.8 Å². The van der Waals surface area contributed by atoms with Crippen LogP contribution >= 0.6 is 11.6 Å². The largest absolute Gasteiger partial charge is 0.481 e. The zero-order chi connectivity index (χ0) is 20.8. The van der Waals surface area contributed by atoms with Gasteiger partial charge in [-0.3, -0.25) is 13.8 Å². The van der Waals surface area contributed by atoms with Crippen LogP contribution in [0.15, 0.2) is 83.8 Å². The SMILES string of the molecule is O=C(C[C@@H](CS(=O)c1ccccc1)C(=O)O)c1ccc(-c2ccc(Cl)cc2)cc1. The van der Waals surface area contributed by atoms with Crippen LogP contribution in [-0.2, 0) is 15.6 Å². The molecule has 0 aliphatic carbocycles. The molecule has 0 saturated heterocycles. The lowest BCUT2D eigenvalue weighted by molar-refractivity contribution is -0.140. The smallest absolute Gasteiger partial charge is 0.307 e. The van der Waals surface area contributed by atoms with Crippen molar-refractivity contribution in [1.29, 1.82) is 0 Å². The van der Waals surface area contributed by atoms with Crippen molar-refractivity contribution in [2.24, 2.45) is 5.92 Å². The minimum absolute atomic E-state index is 0.103. The number of ketones is 1. The zero-order valence-electron chi connectivity index (χ0n) is 15.5. The van der Waals surface area contributed by atoms with E-state index in [1.54, 1.807) is 54.6 Å². The molecule has 3 aromatic rings. The summed E-state index contributed by atoms with van der Waals surface area (Å²) in [6.45, 7) is 0. The van der Waals surface area contributed by atoms with Gasteiger partial charge in [-0.25, -0.2) is 0 Å². The number of carboxylic acid groups (broad SMARTS) is 1. The van der Waals surface area contributed by atoms with Gasteiger partial charge in [0.25, 0.3) is 0 Å². The molecule has 1 unspecified atom stereocenters. The average Bonchev–Trinajstić information content (AvgIpc) is 2.74. The first-order valence-electron chi connectivity index (χ1n) is 8.99. The number of halogens is 1. The molecule has 0 radical (unpaired) electrons. The Morgan fingerprint density at radius 3 is 1.97 bits per heavy atom. The molecule has 0 aliphatic heterocycles. The van der Waals surface area contributed by atoms with E-state index in [4.69, 9.17) is 11.6 Å². The molecular formula is C23H19ClO4S. The van der Waals surface area contributed by atoms with Crippen LogP contribution in [-0.4, -0.2) is 26.8 Å². The molecule has 0 saturated carbocycles. The summed E-state index contributed by atoms with van der Waals surface area (Å²) in [6.07, 6.45) is -0.200. The minimum atomic E-state index is -1.48. The van der Waals surface area contributed by atoms with E-state index in [0.717, 1.165) is 11.1 Å². The normalized spacial score (nSPS) is 12.9. The molecule has 1 N–H and O–H groups in total. The topological polar surface area (TPSA) is 71.4 Å². The number of aliphatic carboxylic acids is 1. The molecule has 6 heteroatoms. The van der Waals surface area contributed by atoms with Crippen LogP contribution in [0, 0.1) is 5.92 Å². The number of Topliss-reactive ketones (excluding diaryl/α,β-unsaturated/α-hetero) is 1. The summed E-state index contributed by atoms with van der Waals surface area (Å²) < 4.78 is 12.4. The van der Waals surface area contributed by atoms with Gasteiger partial charge in [0.1, 0.15) is 0 Å². The van der Waals surface area contributed by atoms with Crippen LogP contribution in [0.4, 0.5) is 0 Å². The second kappa shape index (κ2) is 9.63. The monoisotopic (exact) mass is 426 g/mol. The maximum atomic E-state index is 12.6. The van der Waals surface area contributed by atoms with Crippen molar-refractivity contribution < 1.29 is 18.9 Å². The molecule has 29 heavy (non-hydrogen) atoms. The number of carbonyl (C=O) groups is 2. The summed E-state index contributed by atoms with van der Waals surface area (Å²) in [5.74, 6) is -2.53. The van der Waals surface area contributed by atoms with Crippen LogP contribution < -0.4 is 0 Å². The number of carbonyl (C=O) groups excluding carboxylic acids is 1. The lowest BCUT2D eigenvalue weighted by Gasteiger charge is -2.12. The van der Waals surface area contributed by atoms with Gasteiger partial charge in [-0.1, -0.05) is 66.2 Å². The maximum Gasteiger partial charge on any atom is 0.307 e. The Morgan fingerprint density at radius 1 is 0.862 bits per heavy atom. The lowest BCUT2D eigenvalue weighted by atomic mass is 9.97. The molecule has 0 aromatic heterocycles. The van der Waals surface area contributed by atoms with Gasteiger partial charge in [0.2, 0.25) is 0 Å². The molecule has 148 valence electrons. The van der Waals surface area contributed by atoms with Crippen molar-refractivity contribution in [3.8, 4) is 11.1 Å². The van der Waals surface area contributed by atoms with Crippen LogP contribution in [0.25, 0.3) is 11.1 Å². The second-order valence-corrected chi connectivity index (χ2v) is 8.50. The third kappa shape index (κ3) is 5.62. The first-order chi connectivity index (χ1) is 13.9. The fourth-order valence-electron chi connectivity index (χ4n) is 2.90. The highest BCUT2D eigenvalue weighted by Gasteiger charge is 2.25.